The molecule has 0 radical (unpaired) electrons. The summed E-state index contributed by atoms with van der Waals surface area (Å²) in [5.41, 5.74) is 1.05. The summed E-state index contributed by atoms with van der Waals surface area (Å²) in [4.78, 5) is 0. The lowest BCUT2D eigenvalue weighted by atomic mass is 9.80. The molecule has 0 spiro atoms. The van der Waals surface area contributed by atoms with Gasteiger partial charge in [-0.15, -0.1) is 0 Å². The fourth-order valence-electron chi connectivity index (χ4n) is 1.54. The first-order chi connectivity index (χ1) is 9.08. The van der Waals surface area contributed by atoms with Gasteiger partial charge in [-0.2, -0.15) is 4.39 Å². The highest BCUT2D eigenvalue weighted by atomic mass is 19.2. The van der Waals surface area contributed by atoms with Crippen LogP contribution in [0.5, 0.6) is 5.75 Å². The molecule has 0 aromatic heterocycles. The second-order valence-electron chi connectivity index (χ2n) is 3.96. The summed E-state index contributed by atoms with van der Waals surface area (Å²) in [6.45, 7) is 0.0577. The quantitative estimate of drug-likeness (QED) is 0.816. The molecule has 0 saturated heterocycles. The molecule has 0 aliphatic heterocycles. The fourth-order valence-corrected chi connectivity index (χ4v) is 1.54. The van der Waals surface area contributed by atoms with E-state index in [9.17, 15) is 8.78 Å². The number of hydrogen-bond donors (Lipinski definition) is 2. The normalized spacial score (nSPS) is 10.3. The lowest BCUT2D eigenvalue weighted by Gasteiger charge is -2.08. The summed E-state index contributed by atoms with van der Waals surface area (Å²) in [6.07, 6.45) is 0. The van der Waals surface area contributed by atoms with Crippen molar-refractivity contribution in [3.63, 3.8) is 0 Å². The van der Waals surface area contributed by atoms with Crippen molar-refractivity contribution < 1.29 is 23.6 Å². The summed E-state index contributed by atoms with van der Waals surface area (Å²) < 4.78 is 31.4. The molecule has 0 bridgehead atoms. The van der Waals surface area contributed by atoms with Crippen LogP contribution >= 0.6 is 0 Å². The van der Waals surface area contributed by atoms with Gasteiger partial charge in [-0.3, -0.25) is 0 Å². The summed E-state index contributed by atoms with van der Waals surface area (Å²) >= 11 is 0. The molecule has 19 heavy (non-hydrogen) atoms. The van der Waals surface area contributed by atoms with Crippen LogP contribution < -0.4 is 10.2 Å². The van der Waals surface area contributed by atoms with E-state index in [1.165, 1.54) is 24.3 Å². The van der Waals surface area contributed by atoms with Crippen molar-refractivity contribution >= 4 is 12.6 Å². The highest BCUT2D eigenvalue weighted by Crippen LogP contribution is 2.20. The Hall–Kier alpha value is -1.92. The van der Waals surface area contributed by atoms with E-state index in [0.29, 0.717) is 11.0 Å². The summed E-state index contributed by atoms with van der Waals surface area (Å²) in [7, 11) is -1.53. The Morgan fingerprint density at radius 3 is 2.32 bits per heavy atom. The lowest BCUT2D eigenvalue weighted by molar-refractivity contribution is 0.284. The number of halogens is 2. The van der Waals surface area contributed by atoms with Crippen molar-refractivity contribution in [2.45, 2.75) is 6.61 Å². The third-order valence-corrected chi connectivity index (χ3v) is 2.59. The molecule has 0 aliphatic rings. The number of benzene rings is 2. The van der Waals surface area contributed by atoms with Gasteiger partial charge in [0.1, 0.15) is 6.61 Å². The summed E-state index contributed by atoms with van der Waals surface area (Å²) in [5, 5.41) is 17.8. The molecule has 0 aliphatic carbocycles. The maximum absolute atomic E-state index is 13.3. The molecule has 0 fully saturated rings. The predicted molar refractivity (Wildman–Crippen MR) is 67.0 cm³/mol. The second kappa shape index (κ2) is 5.82. The van der Waals surface area contributed by atoms with Gasteiger partial charge in [-0.1, -0.05) is 30.3 Å². The minimum absolute atomic E-state index is 0.0577. The monoisotopic (exact) mass is 264 g/mol. The standard InChI is InChI=1S/C13H11BF2O3/c15-11-2-1-3-12(13(11)16)19-8-9-4-6-10(7-5-9)14(17)18/h1-7,17-18H,8H2. The van der Waals surface area contributed by atoms with E-state index in [1.54, 1.807) is 12.1 Å². The minimum Gasteiger partial charge on any atom is -0.486 e. The molecule has 0 amide bonds. The van der Waals surface area contributed by atoms with E-state index in [1.807, 2.05) is 0 Å². The molecule has 6 heteroatoms. The van der Waals surface area contributed by atoms with Gasteiger partial charge in [0, 0.05) is 0 Å². The number of ether oxygens (including phenoxy) is 1. The lowest BCUT2D eigenvalue weighted by Crippen LogP contribution is -2.29. The molecule has 2 aromatic carbocycles. The van der Waals surface area contributed by atoms with Gasteiger partial charge in [0.2, 0.25) is 5.82 Å². The molecule has 2 N–H and O–H groups in total. The SMILES string of the molecule is OB(O)c1ccc(COc2cccc(F)c2F)cc1. The van der Waals surface area contributed by atoms with E-state index in [0.717, 1.165) is 6.07 Å². The number of hydrogen-bond acceptors (Lipinski definition) is 3. The van der Waals surface area contributed by atoms with E-state index in [4.69, 9.17) is 14.8 Å². The summed E-state index contributed by atoms with van der Waals surface area (Å²) in [5.74, 6) is -2.15. The van der Waals surface area contributed by atoms with Gasteiger partial charge in [0.05, 0.1) is 0 Å². The van der Waals surface area contributed by atoms with E-state index < -0.39 is 18.8 Å². The van der Waals surface area contributed by atoms with Crippen LogP contribution in [0.2, 0.25) is 0 Å². The van der Waals surface area contributed by atoms with E-state index >= 15 is 0 Å². The molecule has 2 rings (SSSR count). The third-order valence-electron chi connectivity index (χ3n) is 2.59. The molecule has 98 valence electrons. The maximum atomic E-state index is 13.3. The largest absolute Gasteiger partial charge is 0.488 e. The Morgan fingerprint density at radius 1 is 1.00 bits per heavy atom. The third kappa shape index (κ3) is 3.30. The van der Waals surface area contributed by atoms with Crippen LogP contribution in [0.25, 0.3) is 0 Å². The van der Waals surface area contributed by atoms with Crippen LogP contribution in [-0.4, -0.2) is 17.2 Å². The maximum Gasteiger partial charge on any atom is 0.488 e. The van der Waals surface area contributed by atoms with Crippen LogP contribution in [0.15, 0.2) is 42.5 Å². The van der Waals surface area contributed by atoms with Crippen LogP contribution in [-0.2, 0) is 6.61 Å². The van der Waals surface area contributed by atoms with Crippen molar-refractivity contribution in [3.8, 4) is 5.75 Å². The van der Waals surface area contributed by atoms with Gasteiger partial charge in [-0.25, -0.2) is 4.39 Å². The van der Waals surface area contributed by atoms with Gasteiger partial charge in [0.15, 0.2) is 11.6 Å². The Labute approximate surface area is 109 Å². The highest BCUT2D eigenvalue weighted by molar-refractivity contribution is 6.58. The average Bonchev–Trinajstić information content (AvgIpc) is 2.41. The van der Waals surface area contributed by atoms with Crippen LogP contribution in [0, 0.1) is 11.6 Å². The van der Waals surface area contributed by atoms with Crippen LogP contribution in [0.4, 0.5) is 8.78 Å². The smallest absolute Gasteiger partial charge is 0.486 e. The first-order valence-corrected chi connectivity index (χ1v) is 5.59. The van der Waals surface area contributed by atoms with Gasteiger partial charge in [0.25, 0.3) is 0 Å². The molecule has 0 atom stereocenters. The van der Waals surface area contributed by atoms with Crippen molar-refractivity contribution in [1.82, 2.24) is 0 Å². The molecular weight excluding hydrogens is 253 g/mol. The van der Waals surface area contributed by atoms with E-state index in [-0.39, 0.29) is 12.4 Å². The van der Waals surface area contributed by atoms with Crippen LogP contribution in [0.1, 0.15) is 5.56 Å². The zero-order valence-electron chi connectivity index (χ0n) is 9.88. The van der Waals surface area contributed by atoms with Crippen molar-refractivity contribution in [2.75, 3.05) is 0 Å². The van der Waals surface area contributed by atoms with Gasteiger partial charge >= 0.3 is 7.12 Å². The van der Waals surface area contributed by atoms with E-state index in [2.05, 4.69) is 0 Å². The molecule has 0 unspecified atom stereocenters. The Morgan fingerprint density at radius 2 is 1.68 bits per heavy atom. The van der Waals surface area contributed by atoms with Crippen LogP contribution in [0.3, 0.4) is 0 Å². The van der Waals surface area contributed by atoms with Crippen molar-refractivity contribution in [1.29, 1.82) is 0 Å². The molecule has 0 saturated carbocycles. The first kappa shape index (κ1) is 13.5. The first-order valence-electron chi connectivity index (χ1n) is 5.59. The number of rotatable bonds is 4. The average molecular weight is 264 g/mol. The predicted octanol–water partition coefficient (Wildman–Crippen LogP) is 1.22. The zero-order chi connectivity index (χ0) is 13.8. The topological polar surface area (TPSA) is 49.7 Å². The van der Waals surface area contributed by atoms with Crippen molar-refractivity contribution in [3.05, 3.63) is 59.7 Å². The zero-order valence-corrected chi connectivity index (χ0v) is 9.88. The Bertz CT molecular complexity index is 558. The molecule has 0 heterocycles. The van der Waals surface area contributed by atoms with Gasteiger partial charge in [-0.05, 0) is 23.2 Å². The highest BCUT2D eigenvalue weighted by Gasteiger charge is 2.11. The van der Waals surface area contributed by atoms with Gasteiger partial charge < -0.3 is 14.8 Å². The molecular formula is C13H11BF2O3. The summed E-state index contributed by atoms with van der Waals surface area (Å²) in [6, 6.07) is 9.98. The Balaban J connectivity index is 2.04. The Kier molecular flexibility index (Phi) is 4.14. The molecule has 2 aromatic rings. The minimum atomic E-state index is -1.53. The second-order valence-corrected chi connectivity index (χ2v) is 3.96. The molecule has 3 nitrogen and oxygen atoms in total. The fraction of sp³-hybridized carbons (Fsp3) is 0.0769. The van der Waals surface area contributed by atoms with Crippen molar-refractivity contribution in [2.24, 2.45) is 0 Å².